The second-order valence-corrected chi connectivity index (χ2v) is 5.05. The van der Waals surface area contributed by atoms with Crippen LogP contribution in [0.25, 0.3) is 0 Å². The van der Waals surface area contributed by atoms with Crippen LogP contribution < -0.4 is 14.6 Å². The molecule has 0 aliphatic rings. The molecule has 0 spiro atoms. The van der Waals surface area contributed by atoms with Gasteiger partial charge in [0.2, 0.25) is 10.0 Å². The number of carbonyl (C=O) groups is 1. The molecule has 1 aromatic rings. The van der Waals surface area contributed by atoms with Crippen molar-refractivity contribution in [3.05, 3.63) is 24.3 Å². The molecule has 1 atom stereocenters. The SMILES string of the molecule is COc1ccc(S(=O)(=O)N[C@@H](C)C(=O)[O-])cc1. The summed E-state index contributed by atoms with van der Waals surface area (Å²) in [5, 5.41) is 10.5. The van der Waals surface area contributed by atoms with Gasteiger partial charge in [0.25, 0.3) is 0 Å². The zero-order chi connectivity index (χ0) is 13.1. The average Bonchev–Trinajstić information content (AvgIpc) is 2.28. The van der Waals surface area contributed by atoms with E-state index in [1.54, 1.807) is 0 Å². The number of nitrogens with one attached hydrogen (secondary N) is 1. The Balaban J connectivity index is 2.93. The molecule has 1 N–H and O–H groups in total. The minimum Gasteiger partial charge on any atom is -0.548 e. The van der Waals surface area contributed by atoms with Crippen LogP contribution in [0.3, 0.4) is 0 Å². The molecular formula is C10H12NO5S-. The highest BCUT2D eigenvalue weighted by atomic mass is 32.2. The lowest BCUT2D eigenvalue weighted by atomic mass is 10.3. The zero-order valence-corrected chi connectivity index (χ0v) is 10.2. The average molecular weight is 258 g/mol. The van der Waals surface area contributed by atoms with Gasteiger partial charge in [-0.2, -0.15) is 0 Å². The number of rotatable bonds is 5. The van der Waals surface area contributed by atoms with Crippen LogP contribution in [0.5, 0.6) is 5.75 Å². The zero-order valence-electron chi connectivity index (χ0n) is 9.34. The molecule has 6 nitrogen and oxygen atoms in total. The van der Waals surface area contributed by atoms with Gasteiger partial charge >= 0.3 is 0 Å². The van der Waals surface area contributed by atoms with Crippen molar-refractivity contribution in [2.45, 2.75) is 17.9 Å². The van der Waals surface area contributed by atoms with Crippen molar-refractivity contribution in [2.75, 3.05) is 7.11 Å². The Labute approximate surface area is 99.3 Å². The molecule has 0 heterocycles. The number of carbonyl (C=O) groups excluding carboxylic acids is 1. The molecule has 0 bridgehead atoms. The fourth-order valence-electron chi connectivity index (χ4n) is 1.10. The Morgan fingerprint density at radius 3 is 2.29 bits per heavy atom. The molecule has 1 rings (SSSR count). The van der Waals surface area contributed by atoms with Crippen LogP contribution in [0.1, 0.15) is 6.92 Å². The first-order chi connectivity index (χ1) is 7.86. The smallest absolute Gasteiger partial charge is 0.241 e. The first-order valence-electron chi connectivity index (χ1n) is 4.74. The molecule has 0 amide bonds. The summed E-state index contributed by atoms with van der Waals surface area (Å²) in [5.41, 5.74) is 0. The van der Waals surface area contributed by atoms with E-state index < -0.39 is 22.0 Å². The van der Waals surface area contributed by atoms with E-state index in [-0.39, 0.29) is 4.90 Å². The van der Waals surface area contributed by atoms with Gasteiger partial charge in [0.1, 0.15) is 5.75 Å². The highest BCUT2D eigenvalue weighted by Crippen LogP contribution is 2.15. The minimum absolute atomic E-state index is 0.0357. The lowest BCUT2D eigenvalue weighted by molar-refractivity contribution is -0.307. The Kier molecular flexibility index (Phi) is 4.08. The lowest BCUT2D eigenvalue weighted by Gasteiger charge is -2.14. The maximum Gasteiger partial charge on any atom is 0.241 e. The van der Waals surface area contributed by atoms with E-state index >= 15 is 0 Å². The number of carboxylic acids is 1. The van der Waals surface area contributed by atoms with Crippen LogP contribution in [-0.2, 0) is 14.8 Å². The van der Waals surface area contributed by atoms with Gasteiger partial charge in [-0.3, -0.25) is 0 Å². The summed E-state index contributed by atoms with van der Waals surface area (Å²) in [7, 11) is -2.40. The van der Waals surface area contributed by atoms with Gasteiger partial charge in [0.05, 0.1) is 24.0 Å². The van der Waals surface area contributed by atoms with Crippen molar-refractivity contribution in [1.29, 1.82) is 0 Å². The highest BCUT2D eigenvalue weighted by Gasteiger charge is 2.17. The van der Waals surface area contributed by atoms with Crippen LogP contribution in [0, 0.1) is 0 Å². The Morgan fingerprint density at radius 2 is 1.88 bits per heavy atom. The van der Waals surface area contributed by atoms with Gasteiger partial charge in [-0.05, 0) is 31.2 Å². The monoisotopic (exact) mass is 258 g/mol. The number of hydrogen-bond acceptors (Lipinski definition) is 5. The number of carboxylic acid groups (broad SMARTS) is 1. The summed E-state index contributed by atoms with van der Waals surface area (Å²) in [5.74, 6) is -0.973. The standard InChI is InChI=1S/C10H13NO5S/c1-7(10(12)13)11-17(14,15)9-5-3-8(16-2)4-6-9/h3-7,11H,1-2H3,(H,12,13)/p-1/t7-/m0/s1. The largest absolute Gasteiger partial charge is 0.548 e. The summed E-state index contributed by atoms with van der Waals surface area (Å²) in [6.45, 7) is 1.19. The van der Waals surface area contributed by atoms with Gasteiger partial charge in [0.15, 0.2) is 0 Å². The number of ether oxygens (including phenoxy) is 1. The van der Waals surface area contributed by atoms with Gasteiger partial charge in [-0.15, -0.1) is 0 Å². The summed E-state index contributed by atoms with van der Waals surface area (Å²) in [6.07, 6.45) is 0. The first kappa shape index (κ1) is 13.5. The molecule has 17 heavy (non-hydrogen) atoms. The third-order valence-electron chi connectivity index (χ3n) is 2.06. The molecule has 0 aromatic heterocycles. The fourth-order valence-corrected chi connectivity index (χ4v) is 2.30. The Morgan fingerprint density at radius 1 is 1.35 bits per heavy atom. The Hall–Kier alpha value is -1.60. The maximum atomic E-state index is 11.7. The first-order valence-corrected chi connectivity index (χ1v) is 6.22. The lowest BCUT2D eigenvalue weighted by Crippen LogP contribution is -2.45. The van der Waals surface area contributed by atoms with Crippen LogP contribution >= 0.6 is 0 Å². The number of methoxy groups -OCH3 is 1. The normalized spacial score (nSPS) is 13.1. The van der Waals surface area contributed by atoms with E-state index in [2.05, 4.69) is 0 Å². The van der Waals surface area contributed by atoms with Crippen molar-refractivity contribution >= 4 is 16.0 Å². The molecule has 0 saturated heterocycles. The molecule has 94 valence electrons. The summed E-state index contributed by atoms with van der Waals surface area (Å²) < 4.78 is 30.3. The molecule has 0 fully saturated rings. The van der Waals surface area contributed by atoms with E-state index in [4.69, 9.17) is 4.74 Å². The van der Waals surface area contributed by atoms with Crippen LogP contribution in [-0.4, -0.2) is 27.5 Å². The van der Waals surface area contributed by atoms with Crippen LogP contribution in [0.4, 0.5) is 0 Å². The summed E-state index contributed by atoms with van der Waals surface area (Å²) in [4.78, 5) is 10.4. The van der Waals surface area contributed by atoms with Gasteiger partial charge in [0, 0.05) is 0 Å². The van der Waals surface area contributed by atoms with E-state index in [1.807, 2.05) is 4.72 Å². The molecule has 1 aromatic carbocycles. The van der Waals surface area contributed by atoms with E-state index in [1.165, 1.54) is 38.3 Å². The van der Waals surface area contributed by atoms with Crippen molar-refractivity contribution < 1.29 is 23.1 Å². The van der Waals surface area contributed by atoms with Crippen molar-refractivity contribution in [1.82, 2.24) is 4.72 Å². The van der Waals surface area contributed by atoms with Gasteiger partial charge in [-0.1, -0.05) is 0 Å². The topological polar surface area (TPSA) is 95.5 Å². The van der Waals surface area contributed by atoms with E-state index in [9.17, 15) is 18.3 Å². The predicted molar refractivity (Wildman–Crippen MR) is 57.8 cm³/mol. The number of hydrogen-bond donors (Lipinski definition) is 1. The van der Waals surface area contributed by atoms with Gasteiger partial charge < -0.3 is 14.6 Å². The van der Waals surface area contributed by atoms with Crippen molar-refractivity contribution in [3.8, 4) is 5.75 Å². The molecule has 0 aliphatic heterocycles. The number of benzene rings is 1. The molecule has 7 heteroatoms. The predicted octanol–water partition coefficient (Wildman–Crippen LogP) is -0.888. The third-order valence-corrected chi connectivity index (χ3v) is 3.61. The summed E-state index contributed by atoms with van der Waals surface area (Å²) >= 11 is 0. The third kappa shape index (κ3) is 3.43. The molecule has 0 unspecified atom stereocenters. The second-order valence-electron chi connectivity index (χ2n) is 3.34. The van der Waals surface area contributed by atoms with Crippen LogP contribution in [0.2, 0.25) is 0 Å². The van der Waals surface area contributed by atoms with Gasteiger partial charge in [-0.25, -0.2) is 13.1 Å². The van der Waals surface area contributed by atoms with Crippen molar-refractivity contribution in [3.63, 3.8) is 0 Å². The van der Waals surface area contributed by atoms with Crippen molar-refractivity contribution in [2.24, 2.45) is 0 Å². The van der Waals surface area contributed by atoms with E-state index in [0.717, 1.165) is 0 Å². The summed E-state index contributed by atoms with van der Waals surface area (Å²) in [6, 6.07) is 4.30. The minimum atomic E-state index is -3.86. The maximum absolute atomic E-state index is 11.7. The quantitative estimate of drug-likeness (QED) is 0.739. The molecular weight excluding hydrogens is 246 g/mol. The molecule has 0 aliphatic carbocycles. The number of sulfonamides is 1. The Bertz CT molecular complexity index is 494. The fraction of sp³-hybridized carbons (Fsp3) is 0.300. The molecule has 0 radical (unpaired) electrons. The van der Waals surface area contributed by atoms with Crippen LogP contribution in [0.15, 0.2) is 29.2 Å². The second kappa shape index (κ2) is 5.15. The molecule has 0 saturated carbocycles. The number of aliphatic carboxylic acids is 1. The van der Waals surface area contributed by atoms with E-state index in [0.29, 0.717) is 5.75 Å². The highest BCUT2D eigenvalue weighted by molar-refractivity contribution is 7.89.